The first-order chi connectivity index (χ1) is 19.8. The van der Waals surface area contributed by atoms with Gasteiger partial charge in [-0.2, -0.15) is 48.6 Å². The van der Waals surface area contributed by atoms with E-state index in [0.29, 0.717) is 0 Å². The average Bonchev–Trinajstić information content (AvgIpc) is 3.38. The Labute approximate surface area is 244 Å². The first-order valence-corrected chi connectivity index (χ1v) is 15.0. The van der Waals surface area contributed by atoms with Crippen LogP contribution in [-0.4, -0.2) is 50.1 Å². The van der Waals surface area contributed by atoms with Gasteiger partial charge in [-0.3, -0.25) is 5.41 Å². The molecule has 0 fully saturated rings. The monoisotopic (exact) mass is 682 g/mol. The maximum atomic E-state index is 13.9. The number of alkyl halides is 10. The minimum atomic E-state index is -7.40. The van der Waals surface area contributed by atoms with Crippen molar-refractivity contribution in [3.63, 3.8) is 0 Å². The van der Waals surface area contributed by atoms with E-state index in [1.165, 1.54) is 29.6 Å². The summed E-state index contributed by atoms with van der Waals surface area (Å²) in [6, 6.07) is 7.14. The van der Waals surface area contributed by atoms with Gasteiger partial charge in [0.1, 0.15) is 4.91 Å². The van der Waals surface area contributed by atoms with E-state index >= 15 is 0 Å². The molecule has 242 valence electrons. The maximum Gasteiger partial charge on any atom is 0.469 e. The van der Waals surface area contributed by atoms with Crippen LogP contribution < -0.4 is 4.68 Å². The molecular formula is C25H22F10N3O4S2+. The normalized spacial score (nSPS) is 16.2. The van der Waals surface area contributed by atoms with Gasteiger partial charge in [-0.15, -0.1) is 4.68 Å². The van der Waals surface area contributed by atoms with Crippen molar-refractivity contribution >= 4 is 37.0 Å². The van der Waals surface area contributed by atoms with Gasteiger partial charge >= 0.3 is 22.9 Å². The zero-order chi connectivity index (χ0) is 34.0. The van der Waals surface area contributed by atoms with Crippen LogP contribution in [0.25, 0.3) is 11.6 Å². The van der Waals surface area contributed by atoms with Gasteiger partial charge in [0.2, 0.25) is 5.69 Å². The third-order valence-electron chi connectivity index (χ3n) is 6.73. The summed E-state index contributed by atoms with van der Waals surface area (Å²) in [7, 11) is -12.6. The number of hydrogen-bond donors (Lipinski definition) is 1. The summed E-state index contributed by atoms with van der Waals surface area (Å²) in [5.41, 5.74) is -0.826. The molecule has 2 aliphatic rings. The zero-order valence-electron chi connectivity index (χ0n) is 22.9. The second kappa shape index (κ2) is 10.8. The molecule has 19 heteroatoms. The molecule has 0 saturated heterocycles. The van der Waals surface area contributed by atoms with Gasteiger partial charge in [0, 0.05) is 18.6 Å². The van der Waals surface area contributed by atoms with Crippen molar-refractivity contribution < 1.29 is 65.4 Å². The van der Waals surface area contributed by atoms with E-state index in [1.54, 1.807) is 0 Å². The maximum absolute atomic E-state index is 13.9. The van der Waals surface area contributed by atoms with Gasteiger partial charge in [-0.25, -0.2) is 16.8 Å². The highest BCUT2D eigenvalue weighted by atomic mass is 32.2. The Balaban J connectivity index is 0.000000448. The Bertz CT molecular complexity index is 1850. The minimum Gasteiger partial charge on any atom is -0.299 e. The molecule has 2 aromatic rings. The molecule has 0 bridgehead atoms. The Morgan fingerprint density at radius 1 is 0.795 bits per heavy atom. The van der Waals surface area contributed by atoms with E-state index < -0.39 is 69.2 Å². The topological polar surface area (TPSA) is 101 Å². The second-order valence-electron chi connectivity index (χ2n) is 9.47. The Kier molecular flexibility index (Phi) is 8.63. The smallest absolute Gasteiger partial charge is 0.299 e. The average molecular weight is 683 g/mol. The Morgan fingerprint density at radius 2 is 1.30 bits per heavy atom. The van der Waals surface area contributed by atoms with Crippen LogP contribution in [-0.2, 0) is 33.3 Å². The lowest BCUT2D eigenvalue weighted by atomic mass is 9.95. The van der Waals surface area contributed by atoms with Crippen molar-refractivity contribution in [2.24, 2.45) is 7.05 Å². The number of halogens is 10. The fourth-order valence-electron chi connectivity index (χ4n) is 4.45. The molecule has 1 N–H and O–H groups in total. The summed E-state index contributed by atoms with van der Waals surface area (Å²) in [5.74, 6) is 0. The number of benzene rings is 1. The molecule has 0 amide bonds. The zero-order valence-corrected chi connectivity index (χ0v) is 24.5. The first-order valence-electron chi connectivity index (χ1n) is 12.1. The predicted molar refractivity (Wildman–Crippen MR) is 138 cm³/mol. The lowest BCUT2D eigenvalue weighted by Gasteiger charge is -2.28. The third kappa shape index (κ3) is 5.26. The molecule has 44 heavy (non-hydrogen) atoms. The van der Waals surface area contributed by atoms with E-state index in [1.807, 2.05) is 0 Å². The van der Waals surface area contributed by atoms with Gasteiger partial charge < -0.3 is 0 Å². The SMILES string of the molecule is CCn1c(C)cc(C)[n+]1C.N=C1C2=Cc3ccccc3C2=CC(S(=O)(=O)C(F)(F)C(F)(F)F)=C1S(=O)(=O)C(F)(F)C(F)(F)F. The third-order valence-corrected chi connectivity index (χ3v) is 10.5. The summed E-state index contributed by atoms with van der Waals surface area (Å²) in [6.07, 6.45) is -13.2. The predicted octanol–water partition coefficient (Wildman–Crippen LogP) is 5.80. The van der Waals surface area contributed by atoms with Crippen molar-refractivity contribution in [1.82, 2.24) is 4.68 Å². The van der Waals surface area contributed by atoms with E-state index in [0.717, 1.165) is 18.7 Å². The van der Waals surface area contributed by atoms with Gasteiger partial charge in [-0.05, 0) is 42.7 Å². The van der Waals surface area contributed by atoms with Crippen LogP contribution in [0.4, 0.5) is 43.9 Å². The second-order valence-corrected chi connectivity index (χ2v) is 13.4. The number of nitrogens with one attached hydrogen (secondary N) is 1. The fourth-order valence-corrected chi connectivity index (χ4v) is 7.57. The highest BCUT2D eigenvalue weighted by molar-refractivity contribution is 8.01. The first kappa shape index (κ1) is 35.0. The number of sulfone groups is 2. The molecule has 0 atom stereocenters. The van der Waals surface area contributed by atoms with Gasteiger partial charge in [0.15, 0.2) is 7.05 Å². The van der Waals surface area contributed by atoms with Crippen LogP contribution in [0.1, 0.15) is 29.4 Å². The van der Waals surface area contributed by atoms with Gasteiger partial charge in [-0.1, -0.05) is 24.3 Å². The number of allylic oxidation sites excluding steroid dienone is 4. The molecule has 4 rings (SSSR count). The molecule has 0 saturated carbocycles. The van der Waals surface area contributed by atoms with Gasteiger partial charge in [0.05, 0.1) is 22.9 Å². The molecule has 1 aromatic carbocycles. The number of rotatable bonds is 5. The number of fused-ring (bicyclic) bond motifs is 3. The number of nitrogens with zero attached hydrogens (tertiary/aromatic N) is 2. The summed E-state index contributed by atoms with van der Waals surface area (Å²) < 4.78 is 186. The Morgan fingerprint density at radius 3 is 1.73 bits per heavy atom. The molecule has 2 aliphatic carbocycles. The van der Waals surface area contributed by atoms with Gasteiger partial charge in [0.25, 0.3) is 19.7 Å². The van der Waals surface area contributed by atoms with Crippen LogP contribution in [0.15, 0.2) is 51.8 Å². The van der Waals surface area contributed by atoms with E-state index in [2.05, 4.69) is 43.2 Å². The summed E-state index contributed by atoms with van der Waals surface area (Å²) >= 11 is 0. The number of aryl methyl sites for hydroxylation is 2. The van der Waals surface area contributed by atoms with E-state index in [-0.39, 0.29) is 17.2 Å². The fraction of sp³-hybridized carbons (Fsp3) is 0.360. The molecule has 0 unspecified atom stereocenters. The quantitative estimate of drug-likeness (QED) is 0.318. The van der Waals surface area contributed by atoms with Crippen molar-refractivity contribution in [3.05, 3.63) is 74.3 Å². The minimum absolute atomic E-state index is 0.0223. The largest absolute Gasteiger partial charge is 0.469 e. The highest BCUT2D eigenvalue weighted by Gasteiger charge is 2.72. The molecule has 0 aliphatic heterocycles. The lowest BCUT2D eigenvalue weighted by molar-refractivity contribution is -0.758. The molecular weight excluding hydrogens is 660 g/mol. The van der Waals surface area contributed by atoms with Crippen molar-refractivity contribution in [2.45, 2.75) is 50.2 Å². The number of aromatic nitrogens is 2. The summed E-state index contributed by atoms with van der Waals surface area (Å²) in [5, 5.41) is -5.85. The van der Waals surface area contributed by atoms with E-state index in [9.17, 15) is 60.7 Å². The van der Waals surface area contributed by atoms with Crippen molar-refractivity contribution in [3.8, 4) is 0 Å². The summed E-state index contributed by atoms with van der Waals surface area (Å²) in [4.78, 5) is -5.57. The standard InChI is InChI=1S/C17H7F10NO4S2.C8H15N2/c18-14(19,20)16(24,25)33(29,30)11-6-9-8-4-2-1-3-7(8)5-10(9)12(28)13(11)34(31,32)17(26,27)15(21,22)23;1-5-10-8(3)6-7(2)9(10)4/h1-6,28H;6H,5H2,1-4H3/q;+1. The van der Waals surface area contributed by atoms with Crippen molar-refractivity contribution in [2.75, 3.05) is 0 Å². The molecule has 0 radical (unpaired) electrons. The van der Waals surface area contributed by atoms with E-state index in [4.69, 9.17) is 5.41 Å². The van der Waals surface area contributed by atoms with Crippen LogP contribution >= 0.6 is 0 Å². The van der Waals surface area contributed by atoms with Crippen molar-refractivity contribution in [1.29, 1.82) is 5.41 Å². The molecule has 1 heterocycles. The highest BCUT2D eigenvalue weighted by Crippen LogP contribution is 2.52. The lowest BCUT2D eigenvalue weighted by Crippen LogP contribution is -2.48. The Hall–Kier alpha value is -3.48. The van der Waals surface area contributed by atoms with Crippen LogP contribution in [0.2, 0.25) is 0 Å². The molecule has 7 nitrogen and oxygen atoms in total. The van der Waals surface area contributed by atoms with Crippen LogP contribution in [0.5, 0.6) is 0 Å². The molecule has 1 aromatic heterocycles. The molecule has 0 spiro atoms. The van der Waals surface area contributed by atoms with Crippen LogP contribution in [0, 0.1) is 19.3 Å². The van der Waals surface area contributed by atoms with Crippen LogP contribution in [0.3, 0.4) is 0 Å². The number of hydrogen-bond acceptors (Lipinski definition) is 5. The summed E-state index contributed by atoms with van der Waals surface area (Å²) in [6.45, 7) is 7.47.